The molecule has 0 atom stereocenters. The lowest BCUT2D eigenvalue weighted by atomic mass is 10.1. The van der Waals surface area contributed by atoms with E-state index in [4.69, 9.17) is 0 Å². The number of carbonyl (C=O) groups excluding carboxylic acids is 1. The van der Waals surface area contributed by atoms with Crippen molar-refractivity contribution in [3.05, 3.63) is 47.4 Å². The summed E-state index contributed by atoms with van der Waals surface area (Å²) in [7, 11) is 1.80. The monoisotopic (exact) mass is 284 g/mol. The molecule has 0 aliphatic heterocycles. The van der Waals surface area contributed by atoms with Gasteiger partial charge in [-0.1, -0.05) is 13.3 Å². The molecule has 2 rings (SSSR count). The molecular formula is C16H20N4O. The highest BCUT2D eigenvalue weighted by molar-refractivity contribution is 6.04. The maximum atomic E-state index is 12.4. The summed E-state index contributed by atoms with van der Waals surface area (Å²) in [6, 6.07) is 5.47. The van der Waals surface area contributed by atoms with Crippen molar-refractivity contribution in [2.24, 2.45) is 0 Å². The lowest BCUT2D eigenvalue weighted by molar-refractivity contribution is 0.102. The molecule has 1 amide bonds. The fourth-order valence-corrected chi connectivity index (χ4v) is 2.06. The lowest BCUT2D eigenvalue weighted by Crippen LogP contribution is -2.13. The highest BCUT2D eigenvalue weighted by Crippen LogP contribution is 2.14. The van der Waals surface area contributed by atoms with Gasteiger partial charge in [0.25, 0.3) is 5.91 Å². The smallest absolute Gasteiger partial charge is 0.255 e. The van der Waals surface area contributed by atoms with Gasteiger partial charge in [0.05, 0.1) is 11.9 Å². The molecule has 0 aliphatic carbocycles. The van der Waals surface area contributed by atoms with Crippen molar-refractivity contribution in [2.75, 3.05) is 17.7 Å². The predicted octanol–water partition coefficient (Wildman–Crippen LogP) is 3.03. The molecule has 0 bridgehead atoms. The van der Waals surface area contributed by atoms with Gasteiger partial charge in [-0.05, 0) is 37.1 Å². The van der Waals surface area contributed by atoms with Crippen molar-refractivity contribution in [3.63, 3.8) is 0 Å². The quantitative estimate of drug-likeness (QED) is 0.885. The first-order valence-electron chi connectivity index (χ1n) is 7.04. The molecule has 2 aromatic rings. The zero-order valence-corrected chi connectivity index (χ0v) is 12.6. The molecule has 0 unspecified atom stereocenters. The molecule has 5 heteroatoms. The van der Waals surface area contributed by atoms with Gasteiger partial charge < -0.3 is 10.6 Å². The Labute approximate surface area is 124 Å². The number of nitrogens with zero attached hydrogens (tertiary/aromatic N) is 2. The zero-order valence-electron chi connectivity index (χ0n) is 12.6. The van der Waals surface area contributed by atoms with Crippen LogP contribution in [0.2, 0.25) is 0 Å². The molecule has 0 aromatic carbocycles. The summed E-state index contributed by atoms with van der Waals surface area (Å²) in [4.78, 5) is 20.9. The van der Waals surface area contributed by atoms with E-state index in [0.29, 0.717) is 17.1 Å². The number of amides is 1. The fraction of sp³-hybridized carbons (Fsp3) is 0.312. The van der Waals surface area contributed by atoms with Gasteiger partial charge in [-0.15, -0.1) is 0 Å². The molecule has 0 fully saturated rings. The Hall–Kier alpha value is -2.43. The first-order valence-corrected chi connectivity index (χ1v) is 7.04. The summed E-state index contributed by atoms with van der Waals surface area (Å²) >= 11 is 0. The Kier molecular flexibility index (Phi) is 4.87. The molecular weight excluding hydrogens is 264 g/mol. The average molecular weight is 284 g/mol. The number of aromatic nitrogens is 2. The van der Waals surface area contributed by atoms with Crippen LogP contribution in [-0.4, -0.2) is 22.9 Å². The molecule has 0 spiro atoms. The first-order chi connectivity index (χ1) is 10.1. The largest absolute Gasteiger partial charge is 0.373 e. The molecule has 2 aromatic heterocycles. The number of pyridine rings is 2. The summed E-state index contributed by atoms with van der Waals surface area (Å²) < 4.78 is 0. The van der Waals surface area contributed by atoms with Gasteiger partial charge in [0.2, 0.25) is 0 Å². The number of anilines is 2. The summed E-state index contributed by atoms with van der Waals surface area (Å²) in [5.41, 5.74) is 3.21. The third-order valence-electron chi connectivity index (χ3n) is 3.04. The summed E-state index contributed by atoms with van der Waals surface area (Å²) in [5.74, 6) is 0.548. The topological polar surface area (TPSA) is 66.9 Å². The Morgan fingerprint density at radius 1 is 1.24 bits per heavy atom. The molecule has 21 heavy (non-hydrogen) atoms. The van der Waals surface area contributed by atoms with E-state index in [9.17, 15) is 4.79 Å². The van der Waals surface area contributed by atoms with Crippen LogP contribution in [0.25, 0.3) is 0 Å². The minimum atomic E-state index is -0.154. The number of carbonyl (C=O) groups is 1. The van der Waals surface area contributed by atoms with E-state index >= 15 is 0 Å². The molecule has 0 radical (unpaired) electrons. The number of nitrogens with one attached hydrogen (secondary N) is 2. The summed E-state index contributed by atoms with van der Waals surface area (Å²) in [6.07, 6.45) is 5.23. The van der Waals surface area contributed by atoms with Crippen molar-refractivity contribution in [3.8, 4) is 0 Å². The molecule has 5 nitrogen and oxygen atoms in total. The van der Waals surface area contributed by atoms with Crippen LogP contribution < -0.4 is 10.6 Å². The predicted molar refractivity (Wildman–Crippen MR) is 84.7 cm³/mol. The summed E-state index contributed by atoms with van der Waals surface area (Å²) in [5, 5.41) is 5.85. The van der Waals surface area contributed by atoms with Crippen molar-refractivity contribution in [2.45, 2.75) is 26.7 Å². The van der Waals surface area contributed by atoms with Crippen molar-refractivity contribution in [1.82, 2.24) is 9.97 Å². The lowest BCUT2D eigenvalue weighted by Gasteiger charge is -2.09. The first kappa shape index (κ1) is 15.0. The van der Waals surface area contributed by atoms with E-state index in [-0.39, 0.29) is 5.91 Å². The average Bonchev–Trinajstić information content (AvgIpc) is 2.47. The SMILES string of the molecule is CCCc1cc(C(=O)Nc2cncc(C)c2)cc(NC)n1. The van der Waals surface area contributed by atoms with E-state index in [1.807, 2.05) is 19.1 Å². The van der Waals surface area contributed by atoms with Crippen LogP contribution in [0, 0.1) is 6.92 Å². The van der Waals surface area contributed by atoms with Crippen LogP contribution in [0.1, 0.15) is 35.0 Å². The van der Waals surface area contributed by atoms with Crippen LogP contribution >= 0.6 is 0 Å². The highest BCUT2D eigenvalue weighted by atomic mass is 16.1. The van der Waals surface area contributed by atoms with Crippen LogP contribution in [0.15, 0.2) is 30.6 Å². The van der Waals surface area contributed by atoms with Gasteiger partial charge in [0.15, 0.2) is 0 Å². The second-order valence-corrected chi connectivity index (χ2v) is 4.94. The van der Waals surface area contributed by atoms with Crippen LogP contribution in [0.3, 0.4) is 0 Å². The zero-order chi connectivity index (χ0) is 15.2. The van der Waals surface area contributed by atoms with Gasteiger partial charge >= 0.3 is 0 Å². The second-order valence-electron chi connectivity index (χ2n) is 4.94. The van der Waals surface area contributed by atoms with Gasteiger partial charge in [-0.3, -0.25) is 9.78 Å². The minimum absolute atomic E-state index is 0.154. The Bertz CT molecular complexity index is 640. The van der Waals surface area contributed by atoms with Crippen molar-refractivity contribution in [1.29, 1.82) is 0 Å². The van der Waals surface area contributed by atoms with Gasteiger partial charge in [-0.2, -0.15) is 0 Å². The maximum Gasteiger partial charge on any atom is 0.255 e. The van der Waals surface area contributed by atoms with E-state index in [1.54, 1.807) is 25.5 Å². The van der Waals surface area contributed by atoms with Crippen LogP contribution in [-0.2, 0) is 6.42 Å². The number of aryl methyl sites for hydroxylation is 2. The third-order valence-corrected chi connectivity index (χ3v) is 3.04. The summed E-state index contributed by atoms with van der Waals surface area (Å²) in [6.45, 7) is 4.03. The van der Waals surface area contributed by atoms with Crippen LogP contribution in [0.5, 0.6) is 0 Å². The number of rotatable bonds is 5. The Morgan fingerprint density at radius 2 is 2.05 bits per heavy atom. The van der Waals surface area contributed by atoms with Crippen LogP contribution in [0.4, 0.5) is 11.5 Å². The molecule has 0 aliphatic rings. The molecule has 2 N–H and O–H groups in total. The fourth-order valence-electron chi connectivity index (χ4n) is 2.06. The Morgan fingerprint density at radius 3 is 2.71 bits per heavy atom. The minimum Gasteiger partial charge on any atom is -0.373 e. The Balaban J connectivity index is 2.23. The number of hydrogen-bond donors (Lipinski definition) is 2. The van der Waals surface area contributed by atoms with E-state index < -0.39 is 0 Å². The van der Waals surface area contributed by atoms with Crippen molar-refractivity contribution < 1.29 is 4.79 Å². The van der Waals surface area contributed by atoms with Gasteiger partial charge in [0.1, 0.15) is 5.82 Å². The normalized spacial score (nSPS) is 10.2. The molecule has 0 saturated heterocycles. The van der Waals surface area contributed by atoms with E-state index in [0.717, 1.165) is 24.1 Å². The number of hydrogen-bond acceptors (Lipinski definition) is 4. The van der Waals surface area contributed by atoms with Gasteiger partial charge in [-0.25, -0.2) is 4.98 Å². The van der Waals surface area contributed by atoms with E-state index in [2.05, 4.69) is 27.5 Å². The van der Waals surface area contributed by atoms with E-state index in [1.165, 1.54) is 0 Å². The second kappa shape index (κ2) is 6.83. The van der Waals surface area contributed by atoms with Gasteiger partial charge in [0, 0.05) is 24.5 Å². The standard InChI is InChI=1S/C16H20N4O/c1-4-5-13-7-12(8-15(17-3)19-13)16(21)20-14-6-11(2)9-18-10-14/h6-10H,4-5H2,1-3H3,(H,17,19)(H,20,21). The molecule has 0 saturated carbocycles. The maximum absolute atomic E-state index is 12.4. The molecule has 2 heterocycles. The highest BCUT2D eigenvalue weighted by Gasteiger charge is 2.10. The third kappa shape index (κ3) is 4.02. The van der Waals surface area contributed by atoms with Crippen molar-refractivity contribution >= 4 is 17.4 Å². The molecule has 110 valence electrons.